The maximum absolute atomic E-state index is 11.0. The normalized spacial score (nSPS) is 11.5. The number of unbranched alkanes of at least 4 members (excludes halogenated alkanes) is 5. The van der Waals surface area contributed by atoms with E-state index in [9.17, 15) is 4.79 Å². The number of hydrogen-bond donors (Lipinski definition) is 3. The fourth-order valence-electron chi connectivity index (χ4n) is 1.73. The standard InChI is InChI=1S/C11H22O3.C6H14O2/c1-2-3-4-5-6-8-11(13)14-10-7-9-12;1-2-3-4-6(8)5-7/h12H,2-10H2,1H3;6-8H,2-5H2,1H3. The number of aliphatic hydroxyl groups excluding tert-OH is 3. The summed E-state index contributed by atoms with van der Waals surface area (Å²) in [5, 5.41) is 25.5. The van der Waals surface area contributed by atoms with Gasteiger partial charge in [0, 0.05) is 19.4 Å². The van der Waals surface area contributed by atoms with Crippen molar-refractivity contribution in [2.24, 2.45) is 0 Å². The average molecular weight is 320 g/mol. The van der Waals surface area contributed by atoms with Gasteiger partial charge < -0.3 is 20.1 Å². The van der Waals surface area contributed by atoms with Crippen LogP contribution in [0.5, 0.6) is 0 Å². The molecule has 0 heterocycles. The summed E-state index contributed by atoms with van der Waals surface area (Å²) in [6, 6.07) is 0. The van der Waals surface area contributed by atoms with Crippen LogP contribution in [0.1, 0.15) is 78.1 Å². The molecule has 22 heavy (non-hydrogen) atoms. The van der Waals surface area contributed by atoms with Crippen molar-refractivity contribution < 1.29 is 24.9 Å². The van der Waals surface area contributed by atoms with Crippen LogP contribution in [0.2, 0.25) is 0 Å². The first-order valence-corrected chi connectivity index (χ1v) is 8.67. The summed E-state index contributed by atoms with van der Waals surface area (Å²) in [6.45, 7) is 4.57. The van der Waals surface area contributed by atoms with Gasteiger partial charge in [-0.15, -0.1) is 0 Å². The zero-order valence-electron chi connectivity index (χ0n) is 14.4. The predicted molar refractivity (Wildman–Crippen MR) is 88.7 cm³/mol. The van der Waals surface area contributed by atoms with Gasteiger partial charge in [0.1, 0.15) is 0 Å². The van der Waals surface area contributed by atoms with Gasteiger partial charge in [-0.25, -0.2) is 0 Å². The third-order valence-electron chi connectivity index (χ3n) is 3.15. The van der Waals surface area contributed by atoms with E-state index in [1.165, 1.54) is 19.3 Å². The number of esters is 1. The molecule has 134 valence electrons. The molecule has 0 radical (unpaired) electrons. The van der Waals surface area contributed by atoms with E-state index in [2.05, 4.69) is 13.8 Å². The monoisotopic (exact) mass is 320 g/mol. The Balaban J connectivity index is 0. The number of carbonyl (C=O) groups excluding carboxylic acids is 1. The summed E-state index contributed by atoms with van der Waals surface area (Å²) in [6.07, 6.45) is 9.11. The fraction of sp³-hybridized carbons (Fsp3) is 0.941. The Hall–Kier alpha value is -0.650. The van der Waals surface area contributed by atoms with Crippen molar-refractivity contribution in [2.75, 3.05) is 19.8 Å². The average Bonchev–Trinajstić information content (AvgIpc) is 2.53. The van der Waals surface area contributed by atoms with E-state index >= 15 is 0 Å². The lowest BCUT2D eigenvalue weighted by Gasteiger charge is -2.03. The second-order valence-corrected chi connectivity index (χ2v) is 5.44. The maximum atomic E-state index is 11.0. The zero-order chi connectivity index (χ0) is 17.1. The summed E-state index contributed by atoms with van der Waals surface area (Å²) in [5.41, 5.74) is 0. The van der Waals surface area contributed by atoms with Gasteiger partial charge in [-0.05, 0) is 12.8 Å². The molecule has 0 saturated heterocycles. The van der Waals surface area contributed by atoms with Crippen LogP contribution in [0.4, 0.5) is 0 Å². The zero-order valence-corrected chi connectivity index (χ0v) is 14.4. The van der Waals surface area contributed by atoms with E-state index in [4.69, 9.17) is 20.1 Å². The molecule has 0 aromatic rings. The van der Waals surface area contributed by atoms with Crippen LogP contribution in [-0.2, 0) is 9.53 Å². The Labute approximate surface area is 135 Å². The van der Waals surface area contributed by atoms with Crippen LogP contribution in [0.25, 0.3) is 0 Å². The smallest absolute Gasteiger partial charge is 0.305 e. The lowest BCUT2D eigenvalue weighted by atomic mass is 10.1. The van der Waals surface area contributed by atoms with Gasteiger partial charge in [-0.2, -0.15) is 0 Å². The van der Waals surface area contributed by atoms with E-state index in [0.29, 0.717) is 19.4 Å². The Bertz CT molecular complexity index is 221. The molecule has 1 unspecified atom stereocenters. The van der Waals surface area contributed by atoms with Crippen LogP contribution in [-0.4, -0.2) is 47.2 Å². The van der Waals surface area contributed by atoms with Crippen molar-refractivity contribution in [3.63, 3.8) is 0 Å². The van der Waals surface area contributed by atoms with Crippen LogP contribution in [0, 0.1) is 0 Å². The van der Waals surface area contributed by atoms with E-state index < -0.39 is 6.10 Å². The lowest BCUT2D eigenvalue weighted by Crippen LogP contribution is -2.10. The molecule has 0 aliphatic carbocycles. The highest BCUT2D eigenvalue weighted by Gasteiger charge is 2.01. The largest absolute Gasteiger partial charge is 0.466 e. The molecule has 3 N–H and O–H groups in total. The lowest BCUT2D eigenvalue weighted by molar-refractivity contribution is -0.144. The molecule has 0 spiro atoms. The molecule has 0 aromatic carbocycles. The Morgan fingerprint density at radius 1 is 0.955 bits per heavy atom. The van der Waals surface area contributed by atoms with Gasteiger partial charge >= 0.3 is 5.97 Å². The minimum Gasteiger partial charge on any atom is -0.466 e. The Kier molecular flexibility index (Phi) is 21.8. The minimum atomic E-state index is -0.491. The molecule has 0 rings (SSSR count). The second-order valence-electron chi connectivity index (χ2n) is 5.44. The van der Waals surface area contributed by atoms with Gasteiger partial charge in [0.05, 0.1) is 19.3 Å². The number of rotatable bonds is 13. The predicted octanol–water partition coefficient (Wildman–Crippen LogP) is 2.80. The van der Waals surface area contributed by atoms with Crippen LogP contribution in [0.3, 0.4) is 0 Å². The van der Waals surface area contributed by atoms with Gasteiger partial charge in [-0.1, -0.05) is 52.4 Å². The summed E-state index contributed by atoms with van der Waals surface area (Å²) < 4.78 is 4.89. The highest BCUT2D eigenvalue weighted by Crippen LogP contribution is 2.05. The van der Waals surface area contributed by atoms with E-state index in [1.54, 1.807) is 0 Å². The highest BCUT2D eigenvalue weighted by molar-refractivity contribution is 5.69. The SMILES string of the molecule is CCCCC(O)CO.CCCCCCCC(=O)OCCCO. The maximum Gasteiger partial charge on any atom is 0.305 e. The van der Waals surface area contributed by atoms with Gasteiger partial charge in [-0.3, -0.25) is 4.79 Å². The topological polar surface area (TPSA) is 87.0 Å². The van der Waals surface area contributed by atoms with Crippen LogP contribution < -0.4 is 0 Å². The molecular weight excluding hydrogens is 284 g/mol. The minimum absolute atomic E-state index is 0.0871. The Morgan fingerprint density at radius 3 is 2.14 bits per heavy atom. The van der Waals surface area contributed by atoms with Gasteiger partial charge in [0.2, 0.25) is 0 Å². The summed E-state index contributed by atoms with van der Waals surface area (Å²) >= 11 is 0. The summed E-state index contributed by atoms with van der Waals surface area (Å²) in [4.78, 5) is 11.0. The molecule has 0 saturated carbocycles. The first-order valence-electron chi connectivity index (χ1n) is 8.67. The molecule has 0 aliphatic heterocycles. The fourth-order valence-corrected chi connectivity index (χ4v) is 1.73. The number of aliphatic hydroxyl groups is 3. The number of carbonyl (C=O) groups is 1. The quantitative estimate of drug-likeness (QED) is 0.359. The van der Waals surface area contributed by atoms with Crippen molar-refractivity contribution in [3.8, 4) is 0 Å². The van der Waals surface area contributed by atoms with Crippen molar-refractivity contribution >= 4 is 5.97 Å². The molecule has 0 bridgehead atoms. The first kappa shape index (κ1) is 23.6. The molecule has 0 fully saturated rings. The number of ether oxygens (including phenoxy) is 1. The first-order chi connectivity index (χ1) is 10.6. The molecule has 5 nitrogen and oxygen atoms in total. The van der Waals surface area contributed by atoms with Gasteiger partial charge in [0.25, 0.3) is 0 Å². The summed E-state index contributed by atoms with van der Waals surface area (Å²) in [7, 11) is 0. The molecule has 5 heteroatoms. The Morgan fingerprint density at radius 2 is 1.59 bits per heavy atom. The molecule has 0 aliphatic rings. The van der Waals surface area contributed by atoms with E-state index in [1.807, 2.05) is 0 Å². The summed E-state index contributed by atoms with van der Waals surface area (Å²) in [5.74, 6) is -0.130. The van der Waals surface area contributed by atoms with E-state index in [-0.39, 0.29) is 19.2 Å². The van der Waals surface area contributed by atoms with Crippen molar-refractivity contribution in [3.05, 3.63) is 0 Å². The molecular formula is C17H36O5. The molecule has 0 aromatic heterocycles. The highest BCUT2D eigenvalue weighted by atomic mass is 16.5. The van der Waals surface area contributed by atoms with Crippen molar-refractivity contribution in [2.45, 2.75) is 84.2 Å². The number of hydrogen-bond acceptors (Lipinski definition) is 5. The molecule has 0 amide bonds. The third kappa shape index (κ3) is 21.6. The second kappa shape index (κ2) is 20.3. The third-order valence-corrected chi connectivity index (χ3v) is 3.15. The van der Waals surface area contributed by atoms with Gasteiger partial charge in [0.15, 0.2) is 0 Å². The van der Waals surface area contributed by atoms with Crippen molar-refractivity contribution in [1.82, 2.24) is 0 Å². The van der Waals surface area contributed by atoms with E-state index in [0.717, 1.165) is 32.1 Å². The van der Waals surface area contributed by atoms with Crippen LogP contribution in [0.15, 0.2) is 0 Å². The van der Waals surface area contributed by atoms with Crippen molar-refractivity contribution in [1.29, 1.82) is 0 Å². The molecule has 1 atom stereocenters. The van der Waals surface area contributed by atoms with Crippen LogP contribution >= 0.6 is 0 Å².